The number of carbonyl (C=O) groups excluding carboxylic acids is 2. The van der Waals surface area contributed by atoms with Crippen LogP contribution in [0.3, 0.4) is 0 Å². The third-order valence-electron chi connectivity index (χ3n) is 5.58. The molecule has 2 aromatic carbocycles. The summed E-state index contributed by atoms with van der Waals surface area (Å²) in [5.41, 5.74) is 2.80. The van der Waals surface area contributed by atoms with Crippen LogP contribution in [0.1, 0.15) is 24.0 Å². The SMILES string of the molecule is Cc1ccc(C2=C(N3CCCC(CO)C3)C(=O)N(c3ccc(F)cc3)C2=O)cc1. The number of carbonyl (C=O) groups is 2. The summed E-state index contributed by atoms with van der Waals surface area (Å²) in [5, 5.41) is 9.60. The Hall–Kier alpha value is -2.99. The second-order valence-corrected chi connectivity index (χ2v) is 7.65. The molecule has 0 aromatic heterocycles. The summed E-state index contributed by atoms with van der Waals surface area (Å²) < 4.78 is 13.4. The third kappa shape index (κ3) is 3.56. The summed E-state index contributed by atoms with van der Waals surface area (Å²) in [7, 11) is 0. The van der Waals surface area contributed by atoms with Gasteiger partial charge in [-0.25, -0.2) is 9.29 Å². The summed E-state index contributed by atoms with van der Waals surface area (Å²) in [6.07, 6.45) is 1.73. The molecule has 6 heteroatoms. The molecule has 0 saturated carbocycles. The molecule has 0 radical (unpaired) electrons. The van der Waals surface area contributed by atoms with E-state index in [1.807, 2.05) is 36.1 Å². The molecule has 1 fully saturated rings. The first-order valence-corrected chi connectivity index (χ1v) is 9.81. The quantitative estimate of drug-likeness (QED) is 0.810. The van der Waals surface area contributed by atoms with Gasteiger partial charge in [-0.3, -0.25) is 9.59 Å². The van der Waals surface area contributed by atoms with E-state index >= 15 is 0 Å². The van der Waals surface area contributed by atoms with Gasteiger partial charge in [-0.2, -0.15) is 0 Å². The number of imide groups is 1. The summed E-state index contributed by atoms with van der Waals surface area (Å²) in [4.78, 5) is 29.8. The lowest BCUT2D eigenvalue weighted by atomic mass is 9.96. The van der Waals surface area contributed by atoms with Crippen molar-refractivity contribution in [2.75, 3.05) is 24.6 Å². The van der Waals surface area contributed by atoms with Crippen LogP contribution in [0, 0.1) is 18.7 Å². The minimum Gasteiger partial charge on any atom is -0.396 e. The standard InChI is InChI=1S/C23H23FN2O3/c1-15-4-6-17(7-5-15)20-21(25-12-2-3-16(13-25)14-27)23(29)26(22(20)28)19-10-8-18(24)9-11-19/h4-11,16,27H,2-3,12-14H2,1H3. The zero-order valence-corrected chi connectivity index (χ0v) is 16.3. The highest BCUT2D eigenvalue weighted by Crippen LogP contribution is 2.36. The van der Waals surface area contributed by atoms with Crippen molar-refractivity contribution in [3.8, 4) is 0 Å². The van der Waals surface area contributed by atoms with Crippen LogP contribution in [0.25, 0.3) is 5.57 Å². The number of hydrogen-bond donors (Lipinski definition) is 1. The first-order chi connectivity index (χ1) is 14.0. The van der Waals surface area contributed by atoms with Crippen molar-refractivity contribution in [1.82, 2.24) is 4.90 Å². The van der Waals surface area contributed by atoms with Gasteiger partial charge in [0.2, 0.25) is 0 Å². The molecule has 2 aromatic rings. The molecular formula is C23H23FN2O3. The molecule has 0 aliphatic carbocycles. The Morgan fingerprint density at radius 2 is 1.72 bits per heavy atom. The maximum absolute atomic E-state index is 13.4. The summed E-state index contributed by atoms with van der Waals surface area (Å²) in [5.74, 6) is -1.18. The van der Waals surface area contributed by atoms with E-state index in [1.54, 1.807) is 0 Å². The Bertz CT molecular complexity index is 967. The lowest BCUT2D eigenvalue weighted by molar-refractivity contribution is -0.120. The molecule has 29 heavy (non-hydrogen) atoms. The van der Waals surface area contributed by atoms with Gasteiger partial charge in [-0.05, 0) is 55.5 Å². The van der Waals surface area contributed by atoms with Crippen molar-refractivity contribution >= 4 is 23.1 Å². The zero-order valence-electron chi connectivity index (χ0n) is 16.3. The van der Waals surface area contributed by atoms with E-state index in [4.69, 9.17) is 0 Å². The minimum absolute atomic E-state index is 0.0491. The number of rotatable bonds is 4. The topological polar surface area (TPSA) is 60.9 Å². The minimum atomic E-state index is -0.429. The molecule has 0 spiro atoms. The van der Waals surface area contributed by atoms with E-state index in [9.17, 15) is 19.1 Å². The number of hydrogen-bond acceptors (Lipinski definition) is 4. The highest BCUT2D eigenvalue weighted by atomic mass is 19.1. The van der Waals surface area contributed by atoms with Gasteiger partial charge in [0.05, 0.1) is 11.3 Å². The molecule has 1 atom stereocenters. The number of piperidine rings is 1. The molecule has 1 saturated heterocycles. The molecule has 5 nitrogen and oxygen atoms in total. The Morgan fingerprint density at radius 3 is 2.38 bits per heavy atom. The predicted octanol–water partition coefficient (Wildman–Crippen LogP) is 3.12. The van der Waals surface area contributed by atoms with Gasteiger partial charge >= 0.3 is 0 Å². The first kappa shape index (κ1) is 19.3. The van der Waals surface area contributed by atoms with Crippen LogP contribution >= 0.6 is 0 Å². The highest BCUT2D eigenvalue weighted by Gasteiger charge is 2.43. The molecule has 4 rings (SSSR count). The second kappa shape index (κ2) is 7.79. The number of halogens is 1. The molecule has 2 heterocycles. The second-order valence-electron chi connectivity index (χ2n) is 7.65. The van der Waals surface area contributed by atoms with Crippen molar-refractivity contribution < 1.29 is 19.1 Å². The van der Waals surface area contributed by atoms with Gasteiger partial charge in [0.1, 0.15) is 11.5 Å². The van der Waals surface area contributed by atoms with Crippen LogP contribution in [0.2, 0.25) is 0 Å². The fraction of sp³-hybridized carbons (Fsp3) is 0.304. The van der Waals surface area contributed by atoms with Gasteiger partial charge in [0.25, 0.3) is 11.8 Å². The Balaban J connectivity index is 1.80. The molecule has 1 N–H and O–H groups in total. The van der Waals surface area contributed by atoms with Gasteiger partial charge in [-0.1, -0.05) is 29.8 Å². The van der Waals surface area contributed by atoms with E-state index in [0.717, 1.165) is 23.3 Å². The van der Waals surface area contributed by atoms with Gasteiger partial charge < -0.3 is 10.0 Å². The average molecular weight is 394 g/mol. The summed E-state index contributed by atoms with van der Waals surface area (Å²) >= 11 is 0. The summed E-state index contributed by atoms with van der Waals surface area (Å²) in [6.45, 7) is 3.18. The van der Waals surface area contributed by atoms with Crippen LogP contribution < -0.4 is 4.90 Å². The van der Waals surface area contributed by atoms with E-state index in [0.29, 0.717) is 35.6 Å². The molecular weight excluding hydrogens is 371 g/mol. The van der Waals surface area contributed by atoms with Crippen molar-refractivity contribution in [3.05, 3.63) is 71.2 Å². The third-order valence-corrected chi connectivity index (χ3v) is 5.58. The lowest BCUT2D eigenvalue weighted by Crippen LogP contribution is -2.40. The van der Waals surface area contributed by atoms with E-state index in [1.165, 1.54) is 24.3 Å². The smallest absolute Gasteiger partial charge is 0.282 e. The van der Waals surface area contributed by atoms with Crippen LogP contribution in [-0.2, 0) is 9.59 Å². The first-order valence-electron chi connectivity index (χ1n) is 9.81. The number of aliphatic hydroxyl groups excluding tert-OH is 1. The monoisotopic (exact) mass is 394 g/mol. The maximum atomic E-state index is 13.4. The number of aryl methyl sites for hydroxylation is 1. The van der Waals surface area contributed by atoms with Crippen molar-refractivity contribution in [3.63, 3.8) is 0 Å². The van der Waals surface area contributed by atoms with Crippen LogP contribution in [0.5, 0.6) is 0 Å². The molecule has 2 amide bonds. The summed E-state index contributed by atoms with van der Waals surface area (Å²) in [6, 6.07) is 12.9. The number of anilines is 1. The fourth-order valence-electron chi connectivity index (χ4n) is 4.03. The Morgan fingerprint density at radius 1 is 1.03 bits per heavy atom. The van der Waals surface area contributed by atoms with E-state index in [-0.39, 0.29) is 12.5 Å². The molecule has 2 aliphatic rings. The van der Waals surface area contributed by atoms with Crippen molar-refractivity contribution in [1.29, 1.82) is 0 Å². The molecule has 1 unspecified atom stereocenters. The van der Waals surface area contributed by atoms with Crippen molar-refractivity contribution in [2.45, 2.75) is 19.8 Å². The Labute approximate surface area is 169 Å². The van der Waals surface area contributed by atoms with Crippen LogP contribution in [0.15, 0.2) is 54.2 Å². The lowest BCUT2D eigenvalue weighted by Gasteiger charge is -2.34. The largest absolute Gasteiger partial charge is 0.396 e. The molecule has 150 valence electrons. The van der Waals surface area contributed by atoms with E-state index in [2.05, 4.69) is 0 Å². The molecule has 0 bridgehead atoms. The fourth-order valence-corrected chi connectivity index (χ4v) is 4.03. The van der Waals surface area contributed by atoms with Gasteiger partial charge in [0.15, 0.2) is 0 Å². The van der Waals surface area contributed by atoms with Crippen molar-refractivity contribution in [2.24, 2.45) is 5.92 Å². The highest BCUT2D eigenvalue weighted by molar-refractivity contribution is 6.45. The van der Waals surface area contributed by atoms with Gasteiger partial charge in [0, 0.05) is 19.7 Å². The number of benzene rings is 2. The van der Waals surface area contributed by atoms with Crippen LogP contribution in [-0.4, -0.2) is 41.5 Å². The van der Waals surface area contributed by atoms with Gasteiger partial charge in [-0.15, -0.1) is 0 Å². The number of aliphatic hydroxyl groups is 1. The number of amides is 2. The Kier molecular flexibility index (Phi) is 5.20. The van der Waals surface area contributed by atoms with Crippen LogP contribution in [0.4, 0.5) is 10.1 Å². The molecule has 2 aliphatic heterocycles. The number of likely N-dealkylation sites (tertiary alicyclic amines) is 1. The van der Waals surface area contributed by atoms with E-state index < -0.39 is 17.6 Å². The number of nitrogens with zero attached hydrogens (tertiary/aromatic N) is 2. The normalized spacial score (nSPS) is 20.0. The predicted molar refractivity (Wildman–Crippen MR) is 108 cm³/mol. The average Bonchev–Trinajstić information content (AvgIpc) is 2.99. The zero-order chi connectivity index (χ0) is 20.5. The maximum Gasteiger partial charge on any atom is 0.282 e.